The maximum Gasteiger partial charge on any atom is 0.269 e. The van der Waals surface area contributed by atoms with Gasteiger partial charge < -0.3 is 4.74 Å². The van der Waals surface area contributed by atoms with E-state index < -0.39 is 11.8 Å². The summed E-state index contributed by atoms with van der Waals surface area (Å²) < 4.78 is 5.25. The summed E-state index contributed by atoms with van der Waals surface area (Å²) in [5, 5.41) is 14.9. The van der Waals surface area contributed by atoms with Gasteiger partial charge in [0.15, 0.2) is 0 Å². The molecular formula is C35H26NO4P. The van der Waals surface area contributed by atoms with Gasteiger partial charge in [-0.15, -0.1) is 0 Å². The van der Waals surface area contributed by atoms with Crippen molar-refractivity contribution >= 4 is 39.6 Å². The highest BCUT2D eigenvalue weighted by molar-refractivity contribution is 7.97. The molecule has 0 amide bonds. The van der Waals surface area contributed by atoms with Gasteiger partial charge in [0.1, 0.15) is 5.75 Å². The van der Waals surface area contributed by atoms with Crippen molar-refractivity contribution in [1.82, 2.24) is 0 Å². The van der Waals surface area contributed by atoms with Gasteiger partial charge in [-0.3, -0.25) is 14.9 Å². The first-order valence-corrected chi connectivity index (χ1v) is 14.7. The maximum atomic E-state index is 14.5. The Balaban J connectivity index is 1.92. The summed E-state index contributed by atoms with van der Waals surface area (Å²) >= 11 is 0. The van der Waals surface area contributed by atoms with Crippen LogP contribution in [0.25, 0.3) is 0 Å². The number of methoxy groups -OCH3 is 1. The van der Waals surface area contributed by atoms with Crippen molar-refractivity contribution in [3.05, 3.63) is 161 Å². The molecule has 0 aliphatic heterocycles. The fraction of sp³-hybridized carbons (Fsp3) is 0.0286. The van der Waals surface area contributed by atoms with Crippen LogP contribution in [0.15, 0.2) is 140 Å². The monoisotopic (exact) mass is 555 g/mol. The largest absolute Gasteiger partial charge is 0.497 e. The van der Waals surface area contributed by atoms with Crippen LogP contribution < -0.4 is 20.7 Å². The van der Waals surface area contributed by atoms with E-state index in [1.807, 2.05) is 91.0 Å². The summed E-state index contributed by atoms with van der Waals surface area (Å²) in [5.41, 5.74) is 1.22. The van der Waals surface area contributed by atoms with E-state index in [2.05, 4.69) is 11.8 Å². The Morgan fingerprint density at radius 1 is 0.683 bits per heavy atom. The number of ketones is 1. The van der Waals surface area contributed by atoms with Crippen LogP contribution in [0.4, 0.5) is 5.69 Å². The number of hydrogen-bond donors (Lipinski definition) is 0. The van der Waals surface area contributed by atoms with Gasteiger partial charge >= 0.3 is 0 Å². The van der Waals surface area contributed by atoms with Crippen molar-refractivity contribution < 1.29 is 14.5 Å². The van der Waals surface area contributed by atoms with E-state index in [0.717, 1.165) is 15.9 Å². The van der Waals surface area contributed by atoms with Crippen molar-refractivity contribution in [2.24, 2.45) is 0 Å². The number of carbonyl (C=O) groups is 1. The lowest BCUT2D eigenvalue weighted by molar-refractivity contribution is -0.384. The Hall–Kier alpha value is -5.17. The van der Waals surface area contributed by atoms with E-state index in [1.165, 1.54) is 12.1 Å². The first-order chi connectivity index (χ1) is 20.0. The molecule has 0 saturated carbocycles. The molecular weight excluding hydrogens is 529 g/mol. The van der Waals surface area contributed by atoms with Gasteiger partial charge in [0.2, 0.25) is 5.78 Å². The summed E-state index contributed by atoms with van der Waals surface area (Å²) in [6, 6.07) is 43.3. The van der Waals surface area contributed by atoms with E-state index in [4.69, 9.17) is 4.74 Å². The third-order valence-corrected chi connectivity index (χ3v) is 11.1. The highest BCUT2D eigenvalue weighted by Gasteiger charge is 2.33. The third-order valence-electron chi connectivity index (χ3n) is 6.74. The van der Waals surface area contributed by atoms with Gasteiger partial charge in [0, 0.05) is 23.0 Å². The number of Topliss-reactive ketones (excluding diaryl/α,β-unsaturated/α-hetero) is 1. The molecule has 0 spiro atoms. The SMILES string of the molecule is COc1ccc(C#CC(=O)C(c2ccc([N+](=O)[O-])cc2)=P(c2ccccc2)(c2ccccc2)c2ccccc2)cc1. The number of ether oxygens (including phenoxy) is 1. The lowest BCUT2D eigenvalue weighted by Crippen LogP contribution is -2.33. The van der Waals surface area contributed by atoms with Gasteiger partial charge in [0.25, 0.3) is 5.69 Å². The van der Waals surface area contributed by atoms with Crippen LogP contribution in [-0.4, -0.2) is 23.1 Å². The molecule has 0 N–H and O–H groups in total. The molecule has 0 radical (unpaired) electrons. The van der Waals surface area contributed by atoms with Crippen molar-refractivity contribution in [3.63, 3.8) is 0 Å². The van der Waals surface area contributed by atoms with Crippen molar-refractivity contribution in [2.45, 2.75) is 0 Å². The zero-order chi connectivity index (χ0) is 28.7. The minimum Gasteiger partial charge on any atom is -0.497 e. The molecule has 5 nitrogen and oxygen atoms in total. The van der Waals surface area contributed by atoms with Crippen LogP contribution in [-0.2, 0) is 4.79 Å². The van der Waals surface area contributed by atoms with Gasteiger partial charge in [-0.05, 0) is 70.7 Å². The van der Waals surface area contributed by atoms with Crippen LogP contribution in [0.5, 0.6) is 5.75 Å². The molecule has 0 aromatic heterocycles. The van der Waals surface area contributed by atoms with E-state index >= 15 is 0 Å². The molecule has 5 aromatic rings. The Morgan fingerprint density at radius 3 is 1.56 bits per heavy atom. The molecule has 0 unspecified atom stereocenters. The lowest BCUT2D eigenvalue weighted by Gasteiger charge is -2.32. The molecule has 0 saturated heterocycles. The van der Waals surface area contributed by atoms with E-state index in [1.54, 1.807) is 43.5 Å². The second-order valence-corrected chi connectivity index (χ2v) is 12.5. The zero-order valence-corrected chi connectivity index (χ0v) is 23.2. The van der Waals surface area contributed by atoms with Crippen LogP contribution in [0.1, 0.15) is 11.1 Å². The van der Waals surface area contributed by atoms with E-state index in [9.17, 15) is 14.9 Å². The number of rotatable bonds is 7. The van der Waals surface area contributed by atoms with Gasteiger partial charge in [-0.1, -0.05) is 96.9 Å². The average molecular weight is 556 g/mol. The molecule has 0 aliphatic rings. The molecule has 0 heterocycles. The van der Waals surface area contributed by atoms with Gasteiger partial charge in [-0.2, -0.15) is 0 Å². The summed E-state index contributed by atoms with van der Waals surface area (Å²) in [5.74, 6) is 6.30. The second-order valence-electron chi connectivity index (χ2n) is 9.14. The summed E-state index contributed by atoms with van der Waals surface area (Å²) in [4.78, 5) is 25.5. The molecule has 41 heavy (non-hydrogen) atoms. The highest BCUT2D eigenvalue weighted by Crippen LogP contribution is 2.48. The average Bonchev–Trinajstić information content (AvgIpc) is 3.04. The minimum atomic E-state index is -2.84. The normalized spacial score (nSPS) is 10.7. The number of carbonyl (C=O) groups excluding carboxylic acids is 1. The van der Waals surface area contributed by atoms with Crippen LogP contribution >= 0.6 is 6.89 Å². The quantitative estimate of drug-likeness (QED) is 0.111. The van der Waals surface area contributed by atoms with Crippen LogP contribution in [0.3, 0.4) is 0 Å². The minimum absolute atomic E-state index is 0.0482. The smallest absolute Gasteiger partial charge is 0.269 e. The van der Waals surface area contributed by atoms with Crippen molar-refractivity contribution in [2.75, 3.05) is 7.11 Å². The number of benzene rings is 5. The first-order valence-electron chi connectivity index (χ1n) is 12.9. The predicted octanol–water partition coefficient (Wildman–Crippen LogP) is 5.74. The number of non-ortho nitro benzene ring substituents is 1. The van der Waals surface area contributed by atoms with Gasteiger partial charge in [-0.25, -0.2) is 0 Å². The lowest BCUT2D eigenvalue weighted by atomic mass is 10.1. The van der Waals surface area contributed by atoms with Crippen LogP contribution in [0.2, 0.25) is 0 Å². The fourth-order valence-electron chi connectivity index (χ4n) is 4.87. The summed E-state index contributed by atoms with van der Waals surface area (Å²) in [7, 11) is 1.59. The van der Waals surface area contributed by atoms with Crippen LogP contribution in [0, 0.1) is 22.0 Å². The maximum absolute atomic E-state index is 14.5. The molecule has 5 rings (SSSR count). The predicted molar refractivity (Wildman–Crippen MR) is 167 cm³/mol. The molecule has 0 bridgehead atoms. The number of nitrogens with zero attached hydrogens (tertiary/aromatic N) is 1. The number of nitro groups is 1. The molecule has 0 aliphatic carbocycles. The molecule has 200 valence electrons. The number of hydrogen-bond acceptors (Lipinski definition) is 4. The standard InChI is InChI=1S/C35H26NO4P/c1-40-30-24-17-27(18-25-30)19-26-34(37)35(28-20-22-29(23-21-28)36(38)39)41(31-11-5-2-6-12-31,32-13-7-3-8-14-32)33-15-9-4-10-16-33/h2-18,20-25H,1H3. The summed E-state index contributed by atoms with van der Waals surface area (Å²) in [6.45, 7) is -2.84. The first kappa shape index (κ1) is 27.4. The molecule has 0 atom stereocenters. The number of nitro benzene ring substituents is 1. The Morgan fingerprint density at radius 2 is 1.15 bits per heavy atom. The van der Waals surface area contributed by atoms with E-state index in [-0.39, 0.29) is 11.5 Å². The van der Waals surface area contributed by atoms with E-state index in [0.29, 0.717) is 22.2 Å². The molecule has 5 aromatic carbocycles. The molecule has 0 fully saturated rings. The fourth-order valence-corrected chi connectivity index (χ4v) is 9.29. The Kier molecular flexibility index (Phi) is 8.25. The van der Waals surface area contributed by atoms with Crippen molar-refractivity contribution in [1.29, 1.82) is 0 Å². The van der Waals surface area contributed by atoms with Crippen molar-refractivity contribution in [3.8, 4) is 17.6 Å². The summed E-state index contributed by atoms with van der Waals surface area (Å²) in [6.07, 6.45) is 0. The zero-order valence-electron chi connectivity index (χ0n) is 22.3. The molecule has 6 heteroatoms. The highest BCUT2D eigenvalue weighted by atomic mass is 31.2. The Bertz CT molecular complexity index is 1680. The topological polar surface area (TPSA) is 69.4 Å². The third kappa shape index (κ3) is 5.61. The van der Waals surface area contributed by atoms with Gasteiger partial charge in [0.05, 0.1) is 12.0 Å². The second kappa shape index (κ2) is 12.3. The Labute approximate surface area is 239 Å².